The summed E-state index contributed by atoms with van der Waals surface area (Å²) in [5, 5.41) is 0. The minimum absolute atomic E-state index is 0.0988. The lowest BCUT2D eigenvalue weighted by atomic mass is 9.74. The average Bonchev–Trinajstić information content (AvgIpc) is 2.82. The van der Waals surface area contributed by atoms with Gasteiger partial charge >= 0.3 is 0 Å². The SMILES string of the molecule is CCC1(C(N)c2cccc(Br)c2F)CCCC1. The summed E-state index contributed by atoms with van der Waals surface area (Å²) >= 11 is 3.23. The van der Waals surface area contributed by atoms with E-state index >= 15 is 0 Å². The van der Waals surface area contributed by atoms with Gasteiger partial charge in [-0.2, -0.15) is 0 Å². The van der Waals surface area contributed by atoms with Crippen molar-refractivity contribution in [3.8, 4) is 0 Å². The van der Waals surface area contributed by atoms with Crippen molar-refractivity contribution in [1.29, 1.82) is 0 Å². The normalized spacial score (nSPS) is 20.5. The summed E-state index contributed by atoms with van der Waals surface area (Å²) < 4.78 is 14.6. The molecule has 3 heteroatoms. The van der Waals surface area contributed by atoms with Gasteiger partial charge in [-0.3, -0.25) is 0 Å². The van der Waals surface area contributed by atoms with Crippen LogP contribution >= 0.6 is 15.9 Å². The summed E-state index contributed by atoms with van der Waals surface area (Å²) in [5.41, 5.74) is 7.11. The highest BCUT2D eigenvalue weighted by atomic mass is 79.9. The molecule has 1 atom stereocenters. The number of nitrogens with two attached hydrogens (primary N) is 1. The Morgan fingerprint density at radius 1 is 1.41 bits per heavy atom. The molecule has 1 aliphatic carbocycles. The molecule has 1 fully saturated rings. The fourth-order valence-electron chi connectivity index (χ4n) is 3.05. The molecule has 0 bridgehead atoms. The molecule has 0 aliphatic heterocycles. The van der Waals surface area contributed by atoms with E-state index < -0.39 is 0 Å². The number of rotatable bonds is 3. The van der Waals surface area contributed by atoms with Gasteiger partial charge in [-0.1, -0.05) is 31.9 Å². The summed E-state index contributed by atoms with van der Waals surface area (Å²) in [6, 6.07) is 5.22. The Labute approximate surface area is 111 Å². The van der Waals surface area contributed by atoms with Crippen molar-refractivity contribution < 1.29 is 4.39 Å². The molecule has 1 unspecified atom stereocenters. The van der Waals surface area contributed by atoms with Gasteiger partial charge in [0.15, 0.2) is 0 Å². The van der Waals surface area contributed by atoms with E-state index in [0.717, 1.165) is 19.3 Å². The van der Waals surface area contributed by atoms with E-state index in [4.69, 9.17) is 5.73 Å². The summed E-state index contributed by atoms with van der Waals surface area (Å²) in [6.07, 6.45) is 5.71. The third kappa shape index (κ3) is 2.27. The Hall–Kier alpha value is -0.410. The molecule has 17 heavy (non-hydrogen) atoms. The molecule has 1 aromatic carbocycles. The molecule has 0 heterocycles. The van der Waals surface area contributed by atoms with Crippen molar-refractivity contribution >= 4 is 15.9 Å². The summed E-state index contributed by atoms with van der Waals surface area (Å²) in [5.74, 6) is -0.195. The zero-order valence-electron chi connectivity index (χ0n) is 10.2. The van der Waals surface area contributed by atoms with Gasteiger partial charge < -0.3 is 5.73 Å². The molecule has 94 valence electrons. The molecule has 1 aromatic rings. The van der Waals surface area contributed by atoms with Crippen molar-refractivity contribution in [2.45, 2.75) is 45.1 Å². The maximum atomic E-state index is 14.1. The molecule has 2 rings (SSSR count). The molecule has 2 N–H and O–H groups in total. The monoisotopic (exact) mass is 299 g/mol. The Kier molecular flexibility index (Phi) is 3.88. The molecule has 0 aromatic heterocycles. The predicted octanol–water partition coefficient (Wildman–Crippen LogP) is 4.56. The molecule has 0 spiro atoms. The van der Waals surface area contributed by atoms with Crippen LogP contribution in [0.1, 0.15) is 50.6 Å². The van der Waals surface area contributed by atoms with Crippen LogP contribution in [0, 0.1) is 11.2 Å². The first kappa shape index (κ1) is 13.0. The zero-order chi connectivity index (χ0) is 12.5. The van der Waals surface area contributed by atoms with E-state index in [9.17, 15) is 4.39 Å². The second-order valence-corrected chi connectivity index (χ2v) is 5.90. The predicted molar refractivity (Wildman–Crippen MR) is 72.2 cm³/mol. The highest BCUT2D eigenvalue weighted by Crippen LogP contribution is 2.49. The van der Waals surface area contributed by atoms with E-state index in [2.05, 4.69) is 22.9 Å². The molecule has 1 saturated carbocycles. The van der Waals surface area contributed by atoms with Crippen LogP contribution in [0.3, 0.4) is 0 Å². The molecule has 1 aliphatic rings. The van der Waals surface area contributed by atoms with Gasteiger partial charge in [-0.25, -0.2) is 4.39 Å². The Bertz CT molecular complexity index is 399. The number of hydrogen-bond acceptors (Lipinski definition) is 1. The molecular weight excluding hydrogens is 281 g/mol. The maximum Gasteiger partial charge on any atom is 0.142 e. The molecular formula is C14H19BrFN. The largest absolute Gasteiger partial charge is 0.323 e. The van der Waals surface area contributed by atoms with Gasteiger partial charge in [0.2, 0.25) is 0 Å². The Morgan fingerprint density at radius 3 is 2.65 bits per heavy atom. The van der Waals surface area contributed by atoms with Gasteiger partial charge in [0.05, 0.1) is 4.47 Å². The lowest BCUT2D eigenvalue weighted by molar-refractivity contribution is 0.218. The lowest BCUT2D eigenvalue weighted by Crippen LogP contribution is -2.32. The van der Waals surface area contributed by atoms with E-state index in [0.29, 0.717) is 10.0 Å². The topological polar surface area (TPSA) is 26.0 Å². The third-order valence-corrected chi connectivity index (χ3v) is 4.89. The van der Waals surface area contributed by atoms with Crippen LogP contribution in [0.5, 0.6) is 0 Å². The van der Waals surface area contributed by atoms with Crippen molar-refractivity contribution in [1.82, 2.24) is 0 Å². The molecule has 0 saturated heterocycles. The lowest BCUT2D eigenvalue weighted by Gasteiger charge is -2.35. The standard InChI is InChI=1S/C14H19BrFN/c1-2-14(8-3-4-9-14)13(17)10-6-5-7-11(15)12(10)16/h5-7,13H,2-4,8-9,17H2,1H3. The van der Waals surface area contributed by atoms with Gasteiger partial charge in [-0.05, 0) is 46.7 Å². The number of hydrogen-bond donors (Lipinski definition) is 1. The first-order chi connectivity index (χ1) is 8.10. The maximum absolute atomic E-state index is 14.1. The second kappa shape index (κ2) is 5.07. The van der Waals surface area contributed by atoms with Crippen LogP contribution < -0.4 is 5.73 Å². The highest BCUT2D eigenvalue weighted by Gasteiger charge is 2.39. The number of benzene rings is 1. The van der Waals surface area contributed by atoms with E-state index in [1.165, 1.54) is 12.8 Å². The van der Waals surface area contributed by atoms with E-state index in [-0.39, 0.29) is 17.3 Å². The fraction of sp³-hybridized carbons (Fsp3) is 0.571. The van der Waals surface area contributed by atoms with Gasteiger partial charge in [0, 0.05) is 11.6 Å². The molecule has 1 nitrogen and oxygen atoms in total. The van der Waals surface area contributed by atoms with Gasteiger partial charge in [-0.15, -0.1) is 0 Å². The Balaban J connectivity index is 2.35. The van der Waals surface area contributed by atoms with Crippen molar-refractivity contribution in [2.75, 3.05) is 0 Å². The highest BCUT2D eigenvalue weighted by molar-refractivity contribution is 9.10. The van der Waals surface area contributed by atoms with Crippen molar-refractivity contribution in [2.24, 2.45) is 11.1 Å². The van der Waals surface area contributed by atoms with Crippen LogP contribution in [0.25, 0.3) is 0 Å². The minimum Gasteiger partial charge on any atom is -0.323 e. The van der Waals surface area contributed by atoms with E-state index in [1.807, 2.05) is 12.1 Å². The van der Waals surface area contributed by atoms with Crippen LogP contribution in [0.4, 0.5) is 4.39 Å². The third-order valence-electron chi connectivity index (χ3n) is 4.28. The van der Waals surface area contributed by atoms with Crippen LogP contribution in [0.2, 0.25) is 0 Å². The molecule has 0 amide bonds. The minimum atomic E-state index is -0.195. The molecule has 0 radical (unpaired) electrons. The van der Waals surface area contributed by atoms with Crippen molar-refractivity contribution in [3.63, 3.8) is 0 Å². The summed E-state index contributed by atoms with van der Waals surface area (Å²) in [7, 11) is 0. The quantitative estimate of drug-likeness (QED) is 0.870. The smallest absolute Gasteiger partial charge is 0.142 e. The first-order valence-corrected chi connectivity index (χ1v) is 7.09. The van der Waals surface area contributed by atoms with Crippen LogP contribution in [0.15, 0.2) is 22.7 Å². The zero-order valence-corrected chi connectivity index (χ0v) is 11.8. The van der Waals surface area contributed by atoms with Gasteiger partial charge in [0.1, 0.15) is 5.82 Å². The van der Waals surface area contributed by atoms with Crippen LogP contribution in [-0.4, -0.2) is 0 Å². The summed E-state index contributed by atoms with van der Waals surface area (Å²) in [6.45, 7) is 2.17. The fourth-order valence-corrected chi connectivity index (χ4v) is 3.44. The van der Waals surface area contributed by atoms with Crippen molar-refractivity contribution in [3.05, 3.63) is 34.1 Å². The van der Waals surface area contributed by atoms with E-state index in [1.54, 1.807) is 6.07 Å². The Morgan fingerprint density at radius 2 is 2.06 bits per heavy atom. The first-order valence-electron chi connectivity index (χ1n) is 6.30. The van der Waals surface area contributed by atoms with Gasteiger partial charge in [0.25, 0.3) is 0 Å². The second-order valence-electron chi connectivity index (χ2n) is 5.04. The average molecular weight is 300 g/mol. The summed E-state index contributed by atoms with van der Waals surface area (Å²) in [4.78, 5) is 0. The number of halogens is 2. The van der Waals surface area contributed by atoms with Crippen LogP contribution in [-0.2, 0) is 0 Å².